The largest absolute Gasteiger partial charge is 0.487 e. The summed E-state index contributed by atoms with van der Waals surface area (Å²) >= 11 is 2.28. The molecule has 1 atom stereocenters. The maximum absolute atomic E-state index is 5.94. The van der Waals surface area contributed by atoms with Crippen LogP contribution in [0.4, 0.5) is 0 Å². The second-order valence-corrected chi connectivity index (χ2v) is 6.53. The molecule has 1 aromatic carbocycles. The molecule has 1 unspecified atom stereocenters. The Labute approximate surface area is 123 Å². The van der Waals surface area contributed by atoms with Crippen molar-refractivity contribution < 1.29 is 9.47 Å². The van der Waals surface area contributed by atoms with Gasteiger partial charge in [0.1, 0.15) is 11.9 Å². The average molecular weight is 363 g/mol. The summed E-state index contributed by atoms with van der Waals surface area (Å²) in [6.07, 6.45) is 0.0208. The molecule has 0 saturated carbocycles. The Hall–Kier alpha value is -0.330. The summed E-state index contributed by atoms with van der Waals surface area (Å²) in [4.78, 5) is 0. The molecule has 1 N–H and O–H groups in total. The molecule has 0 radical (unpaired) electrons. The SMILES string of the molecule is COCC(CNC(C)(C)C)Oc1cccc(I)c1. The van der Waals surface area contributed by atoms with E-state index in [1.165, 1.54) is 3.57 Å². The van der Waals surface area contributed by atoms with Gasteiger partial charge >= 0.3 is 0 Å². The van der Waals surface area contributed by atoms with Gasteiger partial charge in [-0.3, -0.25) is 0 Å². The second kappa shape index (κ2) is 7.31. The van der Waals surface area contributed by atoms with Crippen molar-refractivity contribution in [2.24, 2.45) is 0 Å². The van der Waals surface area contributed by atoms with Crippen molar-refractivity contribution >= 4 is 22.6 Å². The first-order valence-corrected chi connectivity index (χ1v) is 7.15. The standard InChI is InChI=1S/C14H22INO2/c1-14(2,3)16-9-13(10-17-4)18-12-7-5-6-11(15)8-12/h5-8,13,16H,9-10H2,1-4H3. The fourth-order valence-corrected chi connectivity index (χ4v) is 1.99. The van der Waals surface area contributed by atoms with Crippen molar-refractivity contribution in [3.05, 3.63) is 27.8 Å². The van der Waals surface area contributed by atoms with Crippen molar-refractivity contribution in [3.63, 3.8) is 0 Å². The fraction of sp³-hybridized carbons (Fsp3) is 0.571. The lowest BCUT2D eigenvalue weighted by atomic mass is 10.1. The van der Waals surface area contributed by atoms with Crippen LogP contribution in [0.2, 0.25) is 0 Å². The van der Waals surface area contributed by atoms with Gasteiger partial charge in [-0.15, -0.1) is 0 Å². The van der Waals surface area contributed by atoms with Crippen molar-refractivity contribution in [1.29, 1.82) is 0 Å². The highest BCUT2D eigenvalue weighted by Gasteiger charge is 2.15. The van der Waals surface area contributed by atoms with Crippen LogP contribution >= 0.6 is 22.6 Å². The average Bonchev–Trinajstić information content (AvgIpc) is 2.25. The fourth-order valence-electron chi connectivity index (χ4n) is 1.47. The predicted molar refractivity (Wildman–Crippen MR) is 83.2 cm³/mol. The van der Waals surface area contributed by atoms with Gasteiger partial charge in [-0.25, -0.2) is 0 Å². The van der Waals surface area contributed by atoms with Crippen LogP contribution in [0.15, 0.2) is 24.3 Å². The Bertz CT molecular complexity index is 363. The number of hydrogen-bond acceptors (Lipinski definition) is 3. The molecule has 0 aliphatic carbocycles. The van der Waals surface area contributed by atoms with Crippen LogP contribution in [-0.2, 0) is 4.74 Å². The minimum atomic E-state index is 0.0208. The third-order valence-electron chi connectivity index (χ3n) is 2.31. The number of benzene rings is 1. The van der Waals surface area contributed by atoms with E-state index in [-0.39, 0.29) is 11.6 Å². The molecule has 0 aromatic heterocycles. The first kappa shape index (κ1) is 15.7. The van der Waals surface area contributed by atoms with E-state index < -0.39 is 0 Å². The summed E-state index contributed by atoms with van der Waals surface area (Å²) in [6.45, 7) is 7.77. The van der Waals surface area contributed by atoms with Crippen LogP contribution in [0.5, 0.6) is 5.75 Å². The van der Waals surface area contributed by atoms with Crippen LogP contribution in [0, 0.1) is 3.57 Å². The highest BCUT2D eigenvalue weighted by molar-refractivity contribution is 14.1. The van der Waals surface area contributed by atoms with Crippen LogP contribution in [0.3, 0.4) is 0 Å². The molecular weight excluding hydrogens is 341 g/mol. The smallest absolute Gasteiger partial charge is 0.134 e. The first-order chi connectivity index (χ1) is 8.40. The Morgan fingerprint density at radius 3 is 2.61 bits per heavy atom. The summed E-state index contributed by atoms with van der Waals surface area (Å²) in [5, 5.41) is 3.43. The van der Waals surface area contributed by atoms with Gasteiger partial charge in [0.25, 0.3) is 0 Å². The zero-order valence-electron chi connectivity index (χ0n) is 11.5. The van der Waals surface area contributed by atoms with Crippen LogP contribution in [0.25, 0.3) is 0 Å². The van der Waals surface area contributed by atoms with E-state index in [4.69, 9.17) is 9.47 Å². The van der Waals surface area contributed by atoms with E-state index >= 15 is 0 Å². The molecule has 0 aliphatic rings. The topological polar surface area (TPSA) is 30.5 Å². The quantitative estimate of drug-likeness (QED) is 0.788. The van der Waals surface area contributed by atoms with Crippen LogP contribution < -0.4 is 10.1 Å². The summed E-state index contributed by atoms with van der Waals surface area (Å²) in [5.41, 5.74) is 0.0838. The van der Waals surface area contributed by atoms with Gasteiger partial charge in [-0.1, -0.05) is 6.07 Å². The Morgan fingerprint density at radius 1 is 1.33 bits per heavy atom. The van der Waals surface area contributed by atoms with Crippen molar-refractivity contribution in [1.82, 2.24) is 5.32 Å². The molecule has 0 aliphatic heterocycles. The van der Waals surface area contributed by atoms with E-state index in [1.807, 2.05) is 24.3 Å². The number of rotatable bonds is 6. The zero-order valence-corrected chi connectivity index (χ0v) is 13.7. The Morgan fingerprint density at radius 2 is 2.06 bits per heavy atom. The van der Waals surface area contributed by atoms with E-state index in [9.17, 15) is 0 Å². The highest BCUT2D eigenvalue weighted by Crippen LogP contribution is 2.16. The first-order valence-electron chi connectivity index (χ1n) is 6.07. The molecule has 4 heteroatoms. The lowest BCUT2D eigenvalue weighted by Gasteiger charge is -2.25. The number of hydrogen-bond donors (Lipinski definition) is 1. The summed E-state index contributed by atoms with van der Waals surface area (Å²) in [5.74, 6) is 0.889. The molecule has 0 amide bonds. The summed E-state index contributed by atoms with van der Waals surface area (Å²) in [7, 11) is 1.70. The maximum atomic E-state index is 5.94. The third-order valence-corrected chi connectivity index (χ3v) is 2.98. The number of halogens is 1. The monoisotopic (exact) mass is 363 g/mol. The second-order valence-electron chi connectivity index (χ2n) is 5.28. The number of methoxy groups -OCH3 is 1. The van der Waals surface area contributed by atoms with Crippen molar-refractivity contribution in [3.8, 4) is 5.75 Å². The Kier molecular flexibility index (Phi) is 6.38. The van der Waals surface area contributed by atoms with Gasteiger partial charge < -0.3 is 14.8 Å². The van der Waals surface area contributed by atoms with Gasteiger partial charge in [0.05, 0.1) is 6.61 Å². The molecule has 0 heterocycles. The molecule has 1 aromatic rings. The van der Waals surface area contributed by atoms with E-state index in [2.05, 4.69) is 48.7 Å². The molecule has 0 bridgehead atoms. The molecule has 1 rings (SSSR count). The maximum Gasteiger partial charge on any atom is 0.134 e. The lowest BCUT2D eigenvalue weighted by molar-refractivity contribution is 0.0764. The minimum absolute atomic E-state index is 0.0208. The normalized spacial score (nSPS) is 13.4. The molecule has 102 valence electrons. The summed E-state index contributed by atoms with van der Waals surface area (Å²) in [6, 6.07) is 8.05. The molecule has 18 heavy (non-hydrogen) atoms. The molecule has 0 saturated heterocycles. The van der Waals surface area contributed by atoms with E-state index in [0.29, 0.717) is 6.61 Å². The summed E-state index contributed by atoms with van der Waals surface area (Å²) < 4.78 is 12.3. The van der Waals surface area contributed by atoms with Gasteiger partial charge in [0.15, 0.2) is 0 Å². The lowest BCUT2D eigenvalue weighted by Crippen LogP contribution is -2.44. The molecular formula is C14H22INO2. The van der Waals surface area contributed by atoms with Crippen molar-refractivity contribution in [2.45, 2.75) is 32.4 Å². The van der Waals surface area contributed by atoms with E-state index in [1.54, 1.807) is 7.11 Å². The number of nitrogens with one attached hydrogen (secondary N) is 1. The van der Waals surface area contributed by atoms with Crippen LogP contribution in [-0.4, -0.2) is 31.9 Å². The molecule has 0 spiro atoms. The Balaban J connectivity index is 2.57. The zero-order chi connectivity index (χ0) is 13.6. The highest BCUT2D eigenvalue weighted by atomic mass is 127. The van der Waals surface area contributed by atoms with Gasteiger partial charge in [0, 0.05) is 22.8 Å². The molecule has 0 fully saturated rings. The van der Waals surface area contributed by atoms with Gasteiger partial charge in [0.2, 0.25) is 0 Å². The van der Waals surface area contributed by atoms with Gasteiger partial charge in [-0.05, 0) is 61.6 Å². The minimum Gasteiger partial charge on any atom is -0.487 e. The predicted octanol–water partition coefficient (Wildman–Crippen LogP) is 3.07. The van der Waals surface area contributed by atoms with E-state index in [0.717, 1.165) is 12.3 Å². The number of ether oxygens (including phenoxy) is 2. The molecule has 3 nitrogen and oxygen atoms in total. The van der Waals surface area contributed by atoms with Crippen LogP contribution in [0.1, 0.15) is 20.8 Å². The van der Waals surface area contributed by atoms with Gasteiger partial charge in [-0.2, -0.15) is 0 Å². The van der Waals surface area contributed by atoms with Crippen molar-refractivity contribution in [2.75, 3.05) is 20.3 Å². The third kappa shape index (κ3) is 6.56.